The molecule has 0 aliphatic heterocycles. The van der Waals surface area contributed by atoms with Gasteiger partial charge in [-0.1, -0.05) is 0 Å². The summed E-state index contributed by atoms with van der Waals surface area (Å²) in [6, 6.07) is 3.67. The predicted molar refractivity (Wildman–Crippen MR) is 80.0 cm³/mol. The van der Waals surface area contributed by atoms with Crippen LogP contribution in [0.3, 0.4) is 0 Å². The Morgan fingerprint density at radius 3 is 2.86 bits per heavy atom. The van der Waals surface area contributed by atoms with Crippen molar-refractivity contribution in [3.05, 3.63) is 36.5 Å². The molecule has 0 radical (unpaired) electrons. The van der Waals surface area contributed by atoms with Gasteiger partial charge in [-0.15, -0.1) is 0 Å². The molecule has 0 bridgehead atoms. The summed E-state index contributed by atoms with van der Waals surface area (Å²) < 4.78 is 1.88. The molecule has 1 saturated carbocycles. The summed E-state index contributed by atoms with van der Waals surface area (Å²) >= 11 is 0. The molecule has 6 heteroatoms. The van der Waals surface area contributed by atoms with Crippen LogP contribution in [0.2, 0.25) is 0 Å². The first kappa shape index (κ1) is 13.8. The number of hydrogen-bond donors (Lipinski definition) is 2. The van der Waals surface area contributed by atoms with Crippen LogP contribution in [0.1, 0.15) is 25.1 Å². The smallest absolute Gasteiger partial charge is 0.225 e. The number of rotatable bonds is 5. The monoisotopic (exact) mass is 285 g/mol. The molecular weight excluding hydrogens is 266 g/mol. The number of nitrogens with two attached hydrogens (primary N) is 1. The Morgan fingerprint density at radius 1 is 1.48 bits per heavy atom. The lowest BCUT2D eigenvalue weighted by molar-refractivity contribution is -0.116. The van der Waals surface area contributed by atoms with Crippen molar-refractivity contribution in [2.24, 2.45) is 11.7 Å². The van der Waals surface area contributed by atoms with Gasteiger partial charge >= 0.3 is 0 Å². The minimum Gasteiger partial charge on any atom is -0.327 e. The maximum atomic E-state index is 11.9. The minimum atomic E-state index is -0.0530. The normalized spacial score (nSPS) is 15.7. The van der Waals surface area contributed by atoms with Gasteiger partial charge in [0.2, 0.25) is 5.91 Å². The highest BCUT2D eigenvalue weighted by Crippen LogP contribution is 2.32. The van der Waals surface area contributed by atoms with E-state index in [1.807, 2.05) is 29.8 Å². The van der Waals surface area contributed by atoms with Crippen LogP contribution in [0.25, 0.3) is 5.82 Å². The highest BCUT2D eigenvalue weighted by Gasteiger charge is 2.29. The number of nitrogens with zero attached hydrogens (tertiary/aromatic N) is 3. The fourth-order valence-corrected chi connectivity index (χ4v) is 2.34. The Morgan fingerprint density at radius 2 is 2.29 bits per heavy atom. The fraction of sp³-hybridized carbons (Fsp3) is 0.400. The van der Waals surface area contributed by atoms with E-state index in [0.717, 1.165) is 24.5 Å². The second-order valence-electron chi connectivity index (χ2n) is 5.50. The highest BCUT2D eigenvalue weighted by atomic mass is 16.1. The number of aryl methyl sites for hydroxylation is 1. The van der Waals surface area contributed by atoms with E-state index in [1.165, 1.54) is 0 Å². The van der Waals surface area contributed by atoms with Gasteiger partial charge in [-0.05, 0) is 37.8 Å². The van der Waals surface area contributed by atoms with Gasteiger partial charge in [0.25, 0.3) is 0 Å². The molecule has 1 amide bonds. The Labute approximate surface area is 123 Å². The Bertz CT molecular complexity index is 630. The van der Waals surface area contributed by atoms with Crippen LogP contribution in [-0.2, 0) is 4.79 Å². The third-order valence-electron chi connectivity index (χ3n) is 3.75. The Hall–Kier alpha value is -2.21. The lowest BCUT2D eigenvalue weighted by Gasteiger charge is -2.11. The van der Waals surface area contributed by atoms with E-state index >= 15 is 0 Å². The highest BCUT2D eigenvalue weighted by molar-refractivity contribution is 5.91. The average molecular weight is 285 g/mol. The summed E-state index contributed by atoms with van der Waals surface area (Å²) in [6.45, 7) is 1.91. The van der Waals surface area contributed by atoms with E-state index in [4.69, 9.17) is 5.73 Å². The zero-order valence-electron chi connectivity index (χ0n) is 12.0. The molecule has 2 aromatic heterocycles. The molecule has 1 unspecified atom stereocenters. The largest absolute Gasteiger partial charge is 0.327 e. The maximum absolute atomic E-state index is 11.9. The van der Waals surface area contributed by atoms with Crippen molar-refractivity contribution in [3.63, 3.8) is 0 Å². The van der Waals surface area contributed by atoms with Crippen LogP contribution in [0.4, 0.5) is 5.69 Å². The number of carbonyl (C=O) groups is 1. The molecular formula is C15H19N5O. The fourth-order valence-electron chi connectivity index (χ4n) is 2.34. The van der Waals surface area contributed by atoms with Crippen LogP contribution in [0, 0.1) is 12.8 Å². The van der Waals surface area contributed by atoms with E-state index in [-0.39, 0.29) is 11.9 Å². The van der Waals surface area contributed by atoms with Crippen LogP contribution in [0.5, 0.6) is 0 Å². The molecule has 0 spiro atoms. The first-order valence-electron chi connectivity index (χ1n) is 7.15. The molecule has 3 rings (SSSR count). The van der Waals surface area contributed by atoms with Crippen LogP contribution in [0.15, 0.2) is 30.7 Å². The second kappa shape index (κ2) is 5.65. The quantitative estimate of drug-likeness (QED) is 0.874. The first-order valence-corrected chi connectivity index (χ1v) is 7.15. The number of imidazole rings is 1. The van der Waals surface area contributed by atoms with Gasteiger partial charge < -0.3 is 11.1 Å². The summed E-state index contributed by atoms with van der Waals surface area (Å²) in [5, 5.41) is 2.84. The molecule has 1 aliphatic carbocycles. The SMILES string of the molecule is Cc1nccn1-c1ccc(NC(=O)CC(N)C2CC2)cn1. The number of aromatic nitrogens is 3. The standard InChI is InChI=1S/C15H19N5O/c1-10-17-6-7-20(10)14-5-4-12(9-18-14)19-15(21)8-13(16)11-2-3-11/h4-7,9,11,13H,2-3,8,16H2,1H3,(H,19,21). The number of anilines is 1. The van der Waals surface area contributed by atoms with E-state index in [0.29, 0.717) is 18.0 Å². The number of amides is 1. The average Bonchev–Trinajstić information content (AvgIpc) is 3.22. The van der Waals surface area contributed by atoms with Crippen molar-refractivity contribution in [1.29, 1.82) is 0 Å². The van der Waals surface area contributed by atoms with Crippen LogP contribution < -0.4 is 11.1 Å². The van der Waals surface area contributed by atoms with Gasteiger partial charge in [0.1, 0.15) is 11.6 Å². The zero-order valence-corrected chi connectivity index (χ0v) is 12.0. The number of hydrogen-bond acceptors (Lipinski definition) is 4. The summed E-state index contributed by atoms with van der Waals surface area (Å²) in [5.41, 5.74) is 6.64. The van der Waals surface area contributed by atoms with Crippen molar-refractivity contribution in [2.75, 3.05) is 5.32 Å². The van der Waals surface area contributed by atoms with Gasteiger partial charge in [0.05, 0.1) is 11.9 Å². The van der Waals surface area contributed by atoms with Crippen molar-refractivity contribution >= 4 is 11.6 Å². The molecule has 6 nitrogen and oxygen atoms in total. The molecule has 110 valence electrons. The molecule has 0 saturated heterocycles. The third-order valence-corrected chi connectivity index (χ3v) is 3.75. The topological polar surface area (TPSA) is 85.8 Å². The molecule has 2 aromatic rings. The molecule has 0 aromatic carbocycles. The van der Waals surface area contributed by atoms with Gasteiger partial charge in [-0.3, -0.25) is 9.36 Å². The van der Waals surface area contributed by atoms with Crippen molar-refractivity contribution < 1.29 is 4.79 Å². The molecule has 1 fully saturated rings. The van der Waals surface area contributed by atoms with Gasteiger partial charge in [0.15, 0.2) is 0 Å². The number of nitrogens with one attached hydrogen (secondary N) is 1. The Kier molecular flexibility index (Phi) is 3.70. The predicted octanol–water partition coefficient (Wildman–Crippen LogP) is 1.64. The van der Waals surface area contributed by atoms with Crippen LogP contribution >= 0.6 is 0 Å². The summed E-state index contributed by atoms with van der Waals surface area (Å²) in [6.07, 6.45) is 7.89. The number of pyridine rings is 1. The van der Waals surface area contributed by atoms with Crippen LogP contribution in [-0.4, -0.2) is 26.5 Å². The number of carbonyl (C=O) groups excluding carboxylic acids is 1. The first-order chi connectivity index (χ1) is 10.1. The van der Waals surface area contributed by atoms with Gasteiger partial charge in [-0.25, -0.2) is 9.97 Å². The summed E-state index contributed by atoms with van der Waals surface area (Å²) in [4.78, 5) is 20.4. The summed E-state index contributed by atoms with van der Waals surface area (Å²) in [5.74, 6) is 2.12. The Balaban J connectivity index is 1.61. The van der Waals surface area contributed by atoms with Gasteiger partial charge in [0, 0.05) is 24.9 Å². The third kappa shape index (κ3) is 3.28. The van der Waals surface area contributed by atoms with Crippen molar-refractivity contribution in [2.45, 2.75) is 32.2 Å². The van der Waals surface area contributed by atoms with E-state index < -0.39 is 0 Å². The molecule has 21 heavy (non-hydrogen) atoms. The van der Waals surface area contributed by atoms with E-state index in [1.54, 1.807) is 12.4 Å². The second-order valence-corrected chi connectivity index (χ2v) is 5.50. The molecule has 2 heterocycles. The lowest BCUT2D eigenvalue weighted by atomic mass is 10.1. The zero-order chi connectivity index (χ0) is 14.8. The minimum absolute atomic E-state index is 0.0224. The van der Waals surface area contributed by atoms with E-state index in [9.17, 15) is 4.79 Å². The lowest BCUT2D eigenvalue weighted by Crippen LogP contribution is -2.28. The van der Waals surface area contributed by atoms with E-state index in [2.05, 4.69) is 15.3 Å². The van der Waals surface area contributed by atoms with Gasteiger partial charge in [-0.2, -0.15) is 0 Å². The molecule has 3 N–H and O–H groups in total. The van der Waals surface area contributed by atoms with Crippen molar-refractivity contribution in [1.82, 2.24) is 14.5 Å². The van der Waals surface area contributed by atoms with Crippen molar-refractivity contribution in [3.8, 4) is 5.82 Å². The molecule has 1 aliphatic rings. The molecule has 1 atom stereocenters. The maximum Gasteiger partial charge on any atom is 0.225 e. The summed E-state index contributed by atoms with van der Waals surface area (Å²) in [7, 11) is 0.